The minimum atomic E-state index is 0.241. The Bertz CT molecular complexity index is 791. The highest BCUT2D eigenvalue weighted by Gasteiger charge is 2.27. The van der Waals surface area contributed by atoms with Gasteiger partial charge in [0.15, 0.2) is 0 Å². The van der Waals surface area contributed by atoms with Crippen molar-refractivity contribution in [3.8, 4) is 5.75 Å². The maximum atomic E-state index is 12.9. The second kappa shape index (κ2) is 8.03. The summed E-state index contributed by atoms with van der Waals surface area (Å²) >= 11 is 1.74. The van der Waals surface area contributed by atoms with Crippen molar-refractivity contribution in [2.45, 2.75) is 32.7 Å². The van der Waals surface area contributed by atoms with Crippen LogP contribution in [0.15, 0.2) is 30.3 Å². The number of hydrogen-bond acceptors (Lipinski definition) is 3. The average Bonchev–Trinajstić information content (AvgIpc) is 3.12. The number of fused-ring (bicyclic) bond motifs is 1. The molecular formula is C22H29N2O2S+. The molecule has 1 aromatic carbocycles. The molecule has 1 aromatic heterocycles. The number of amides is 1. The highest BCUT2D eigenvalue weighted by molar-refractivity contribution is 7.14. The van der Waals surface area contributed by atoms with Crippen LogP contribution in [-0.2, 0) is 19.4 Å². The molecule has 1 aliphatic heterocycles. The Hall–Kier alpha value is -1.85. The van der Waals surface area contributed by atoms with E-state index in [9.17, 15) is 4.79 Å². The minimum absolute atomic E-state index is 0.241. The molecule has 144 valence electrons. The first kappa shape index (κ1) is 18.5. The summed E-state index contributed by atoms with van der Waals surface area (Å²) in [5.74, 6) is 1.89. The molecule has 2 aliphatic rings. The van der Waals surface area contributed by atoms with Crippen LogP contribution in [0.5, 0.6) is 5.75 Å². The molecule has 1 atom stereocenters. The lowest BCUT2D eigenvalue weighted by Gasteiger charge is -2.32. The van der Waals surface area contributed by atoms with Crippen LogP contribution in [-0.4, -0.2) is 44.1 Å². The minimum Gasteiger partial charge on any atom is -0.497 e. The molecule has 2 aromatic rings. The summed E-state index contributed by atoms with van der Waals surface area (Å²) in [4.78, 5) is 18.9. The second-order valence-electron chi connectivity index (χ2n) is 7.97. The van der Waals surface area contributed by atoms with E-state index in [1.807, 2.05) is 12.1 Å². The number of methoxy groups -OCH3 is 1. The fraction of sp³-hybridized carbons (Fsp3) is 0.500. The fourth-order valence-corrected chi connectivity index (χ4v) is 5.38. The van der Waals surface area contributed by atoms with Crippen LogP contribution >= 0.6 is 11.3 Å². The molecule has 0 radical (unpaired) electrons. The number of rotatable bonds is 4. The van der Waals surface area contributed by atoms with Crippen LogP contribution in [0.3, 0.4) is 0 Å². The first-order chi connectivity index (χ1) is 13.1. The van der Waals surface area contributed by atoms with Gasteiger partial charge in [0.1, 0.15) is 12.3 Å². The average molecular weight is 386 g/mol. The van der Waals surface area contributed by atoms with Gasteiger partial charge in [-0.25, -0.2) is 0 Å². The zero-order chi connectivity index (χ0) is 18.8. The molecule has 0 unspecified atom stereocenters. The Kier molecular flexibility index (Phi) is 5.50. The van der Waals surface area contributed by atoms with E-state index in [0.717, 1.165) is 62.1 Å². The van der Waals surface area contributed by atoms with Gasteiger partial charge in [0, 0.05) is 10.4 Å². The molecule has 0 saturated carbocycles. The van der Waals surface area contributed by atoms with Crippen molar-refractivity contribution in [3.63, 3.8) is 0 Å². The number of benzene rings is 1. The van der Waals surface area contributed by atoms with E-state index in [2.05, 4.69) is 30.0 Å². The summed E-state index contributed by atoms with van der Waals surface area (Å²) in [6.45, 7) is 7.05. The number of quaternary nitrogens is 1. The normalized spacial score (nSPS) is 20.4. The lowest BCUT2D eigenvalue weighted by atomic mass is 9.90. The monoisotopic (exact) mass is 385 g/mol. The van der Waals surface area contributed by atoms with E-state index in [-0.39, 0.29) is 5.91 Å². The van der Waals surface area contributed by atoms with Crippen molar-refractivity contribution in [1.29, 1.82) is 0 Å². The summed E-state index contributed by atoms with van der Waals surface area (Å²) in [5, 5.41) is 0. The second-order valence-corrected chi connectivity index (χ2v) is 9.11. The van der Waals surface area contributed by atoms with Gasteiger partial charge in [0.2, 0.25) is 0 Å². The third-order valence-corrected chi connectivity index (χ3v) is 7.14. The molecule has 1 N–H and O–H groups in total. The molecule has 1 amide bonds. The molecule has 0 bridgehead atoms. The largest absolute Gasteiger partial charge is 0.497 e. The smallest absolute Gasteiger partial charge is 0.264 e. The number of nitrogens with zero attached hydrogens (tertiary/aromatic N) is 1. The predicted molar refractivity (Wildman–Crippen MR) is 109 cm³/mol. The van der Waals surface area contributed by atoms with Crippen molar-refractivity contribution in [2.24, 2.45) is 5.92 Å². The van der Waals surface area contributed by atoms with E-state index < -0.39 is 0 Å². The van der Waals surface area contributed by atoms with Gasteiger partial charge in [-0.3, -0.25) is 4.79 Å². The first-order valence-corrected chi connectivity index (χ1v) is 10.8. The summed E-state index contributed by atoms with van der Waals surface area (Å²) in [5.41, 5.74) is 2.75. The van der Waals surface area contributed by atoms with Crippen LogP contribution in [0.4, 0.5) is 0 Å². The number of hydrogen-bond donors (Lipinski definition) is 1. The molecule has 1 saturated heterocycles. The molecule has 4 nitrogen and oxygen atoms in total. The Labute approximate surface area is 165 Å². The number of nitrogens with one attached hydrogen (secondary N) is 1. The highest BCUT2D eigenvalue weighted by Crippen LogP contribution is 2.32. The Morgan fingerprint density at radius 1 is 1.26 bits per heavy atom. The molecule has 4 rings (SSSR count). The van der Waals surface area contributed by atoms with Crippen molar-refractivity contribution >= 4 is 17.2 Å². The molecule has 0 spiro atoms. The molecule has 2 heterocycles. The third kappa shape index (κ3) is 4.19. The van der Waals surface area contributed by atoms with E-state index in [0.29, 0.717) is 0 Å². The van der Waals surface area contributed by atoms with Gasteiger partial charge < -0.3 is 14.5 Å². The Balaban J connectivity index is 1.32. The number of ether oxygens (including phenoxy) is 1. The van der Waals surface area contributed by atoms with E-state index in [1.165, 1.54) is 22.4 Å². The highest BCUT2D eigenvalue weighted by atomic mass is 32.1. The molecule has 1 aliphatic carbocycles. The van der Waals surface area contributed by atoms with Crippen molar-refractivity contribution in [1.82, 2.24) is 4.90 Å². The quantitative estimate of drug-likeness (QED) is 0.877. The molecular weight excluding hydrogens is 356 g/mol. The zero-order valence-electron chi connectivity index (χ0n) is 16.3. The van der Waals surface area contributed by atoms with Crippen molar-refractivity contribution in [2.75, 3.05) is 33.3 Å². The SMILES string of the molecule is COc1ccc(C[NH+]2CCN(C(=O)c3cc4c(s3)CC[C@H](C)C4)CC2)cc1. The van der Waals surface area contributed by atoms with Gasteiger partial charge in [0.25, 0.3) is 5.91 Å². The zero-order valence-corrected chi connectivity index (χ0v) is 17.1. The number of carbonyl (C=O) groups excluding carboxylic acids is 1. The van der Waals surface area contributed by atoms with E-state index in [1.54, 1.807) is 23.3 Å². The van der Waals surface area contributed by atoms with Gasteiger partial charge in [-0.15, -0.1) is 11.3 Å². The number of thiophene rings is 1. The van der Waals surface area contributed by atoms with Crippen LogP contribution < -0.4 is 9.64 Å². The maximum absolute atomic E-state index is 12.9. The third-order valence-electron chi connectivity index (χ3n) is 5.91. The summed E-state index contributed by atoms with van der Waals surface area (Å²) in [6, 6.07) is 10.5. The lowest BCUT2D eigenvalue weighted by Crippen LogP contribution is -3.13. The predicted octanol–water partition coefficient (Wildman–Crippen LogP) is 2.42. The summed E-state index contributed by atoms with van der Waals surface area (Å²) < 4.78 is 5.23. The molecule has 5 heteroatoms. The van der Waals surface area contributed by atoms with Gasteiger partial charge in [-0.05, 0) is 61.1 Å². The number of carbonyl (C=O) groups is 1. The van der Waals surface area contributed by atoms with Gasteiger partial charge in [0.05, 0.1) is 38.2 Å². The first-order valence-electron chi connectivity index (χ1n) is 9.99. The Morgan fingerprint density at radius 2 is 2.00 bits per heavy atom. The Morgan fingerprint density at radius 3 is 2.70 bits per heavy atom. The summed E-state index contributed by atoms with van der Waals surface area (Å²) in [7, 11) is 1.70. The topological polar surface area (TPSA) is 34.0 Å². The molecule has 1 fully saturated rings. The van der Waals surface area contributed by atoms with E-state index >= 15 is 0 Å². The number of aryl methyl sites for hydroxylation is 1. The van der Waals surface area contributed by atoms with Crippen LogP contribution in [0.25, 0.3) is 0 Å². The van der Waals surface area contributed by atoms with Crippen LogP contribution in [0.1, 0.15) is 39.0 Å². The molecule has 27 heavy (non-hydrogen) atoms. The fourth-order valence-electron chi connectivity index (χ4n) is 4.20. The van der Waals surface area contributed by atoms with Gasteiger partial charge in [-0.1, -0.05) is 6.92 Å². The van der Waals surface area contributed by atoms with Crippen molar-refractivity contribution < 1.29 is 14.4 Å². The van der Waals surface area contributed by atoms with Gasteiger partial charge in [-0.2, -0.15) is 0 Å². The number of piperazine rings is 1. The maximum Gasteiger partial charge on any atom is 0.264 e. The lowest BCUT2D eigenvalue weighted by molar-refractivity contribution is -0.917. The van der Waals surface area contributed by atoms with E-state index in [4.69, 9.17) is 4.74 Å². The van der Waals surface area contributed by atoms with Crippen LogP contribution in [0, 0.1) is 5.92 Å². The standard InChI is InChI=1S/C22H28N2O2S/c1-16-3-8-20-18(13-16)14-21(27-20)22(25)24-11-9-23(10-12-24)15-17-4-6-19(26-2)7-5-17/h4-7,14,16H,3,8-13,15H2,1-2H3/p+1/t16-/m0/s1. The van der Waals surface area contributed by atoms with Gasteiger partial charge >= 0.3 is 0 Å². The van der Waals surface area contributed by atoms with Crippen molar-refractivity contribution in [3.05, 3.63) is 51.2 Å². The summed E-state index contributed by atoms with van der Waals surface area (Å²) in [6.07, 6.45) is 3.54. The van der Waals surface area contributed by atoms with Crippen LogP contribution in [0.2, 0.25) is 0 Å².